The molecule has 1 saturated heterocycles. The highest BCUT2D eigenvalue weighted by Gasteiger charge is 2.39. The van der Waals surface area contributed by atoms with Gasteiger partial charge in [-0.05, 0) is 36.2 Å². The zero-order valence-corrected chi connectivity index (χ0v) is 21.8. The van der Waals surface area contributed by atoms with Gasteiger partial charge in [0.25, 0.3) is 5.91 Å². The molecular formula is C28H29N5O3S. The lowest BCUT2D eigenvalue weighted by Crippen LogP contribution is -2.58. The van der Waals surface area contributed by atoms with Gasteiger partial charge in [-0.1, -0.05) is 49.7 Å². The second-order valence-electron chi connectivity index (χ2n) is 9.29. The van der Waals surface area contributed by atoms with Crippen LogP contribution in [0.25, 0.3) is 0 Å². The molecule has 3 aromatic rings. The van der Waals surface area contributed by atoms with Gasteiger partial charge in [0.2, 0.25) is 5.91 Å². The fraction of sp³-hybridized carbons (Fsp3) is 0.357. The first kappa shape index (κ1) is 24.9. The van der Waals surface area contributed by atoms with E-state index < -0.39 is 0 Å². The van der Waals surface area contributed by atoms with E-state index in [1.54, 1.807) is 47.0 Å². The van der Waals surface area contributed by atoms with Crippen molar-refractivity contribution >= 4 is 29.3 Å². The maximum Gasteiger partial charge on any atom is 0.272 e. The standard InChI is InChI=1S/C28H29N5O3S/c1-3-4-6-22-16-31(21-7-5-8-23(13-21)36-2)26(34)17-32(22)27(35)24-15-30-28-33(24)25(18-37-28)20-11-9-19(14-29)10-12-20/h5,7-13,15,22,25H,3-4,6,16-18H2,1-2H3/t22-,25?/m0/s1. The number of carbonyl (C=O) groups is 2. The van der Waals surface area contributed by atoms with Crippen LogP contribution >= 0.6 is 11.8 Å². The average Bonchev–Trinajstić information content (AvgIpc) is 3.54. The number of benzene rings is 2. The normalized spacial score (nSPS) is 19.0. The molecule has 0 spiro atoms. The predicted octanol–water partition coefficient (Wildman–Crippen LogP) is 4.51. The van der Waals surface area contributed by atoms with Crippen molar-refractivity contribution in [1.82, 2.24) is 14.5 Å². The van der Waals surface area contributed by atoms with Gasteiger partial charge in [-0.3, -0.25) is 9.59 Å². The summed E-state index contributed by atoms with van der Waals surface area (Å²) in [6.07, 6.45) is 4.41. The largest absolute Gasteiger partial charge is 0.497 e. The summed E-state index contributed by atoms with van der Waals surface area (Å²) in [5, 5.41) is 9.94. The van der Waals surface area contributed by atoms with Crippen molar-refractivity contribution in [2.75, 3.05) is 30.9 Å². The van der Waals surface area contributed by atoms with Crippen molar-refractivity contribution in [3.63, 3.8) is 0 Å². The zero-order chi connectivity index (χ0) is 25.9. The number of piperazine rings is 1. The molecule has 3 heterocycles. The summed E-state index contributed by atoms with van der Waals surface area (Å²) in [5.41, 5.74) is 2.90. The first-order valence-electron chi connectivity index (χ1n) is 12.5. The molecule has 0 N–H and O–H groups in total. The molecule has 1 unspecified atom stereocenters. The highest BCUT2D eigenvalue weighted by molar-refractivity contribution is 7.99. The molecule has 2 aliphatic rings. The summed E-state index contributed by atoms with van der Waals surface area (Å²) >= 11 is 1.61. The van der Waals surface area contributed by atoms with E-state index in [0.717, 1.165) is 41.4 Å². The Kier molecular flexibility index (Phi) is 7.19. The average molecular weight is 516 g/mol. The number of imidazole rings is 1. The van der Waals surface area contributed by atoms with Crippen LogP contribution < -0.4 is 9.64 Å². The monoisotopic (exact) mass is 515 g/mol. The molecule has 190 valence electrons. The van der Waals surface area contributed by atoms with Gasteiger partial charge in [-0.15, -0.1) is 0 Å². The molecule has 2 atom stereocenters. The summed E-state index contributed by atoms with van der Waals surface area (Å²) in [4.78, 5) is 35.3. The Bertz CT molecular complexity index is 1350. The number of carbonyl (C=O) groups excluding carboxylic acids is 2. The number of hydrogen-bond acceptors (Lipinski definition) is 6. The van der Waals surface area contributed by atoms with Crippen LogP contribution in [-0.2, 0) is 4.79 Å². The van der Waals surface area contributed by atoms with Crippen molar-refractivity contribution in [1.29, 1.82) is 5.26 Å². The van der Waals surface area contributed by atoms with E-state index in [1.165, 1.54) is 0 Å². The number of nitriles is 1. The van der Waals surface area contributed by atoms with E-state index in [0.29, 0.717) is 23.6 Å². The number of unbranched alkanes of at least 4 members (excludes halogenated alkanes) is 1. The van der Waals surface area contributed by atoms with Gasteiger partial charge >= 0.3 is 0 Å². The van der Waals surface area contributed by atoms with Crippen LogP contribution in [0.5, 0.6) is 5.75 Å². The molecule has 9 heteroatoms. The van der Waals surface area contributed by atoms with Gasteiger partial charge < -0.3 is 19.1 Å². The second kappa shape index (κ2) is 10.7. The molecule has 37 heavy (non-hydrogen) atoms. The maximum absolute atomic E-state index is 14.0. The number of amides is 2. The number of ether oxygens (including phenoxy) is 1. The lowest BCUT2D eigenvalue weighted by Gasteiger charge is -2.41. The van der Waals surface area contributed by atoms with E-state index in [9.17, 15) is 9.59 Å². The predicted molar refractivity (Wildman–Crippen MR) is 142 cm³/mol. The number of fused-ring (bicyclic) bond motifs is 1. The summed E-state index contributed by atoms with van der Waals surface area (Å²) in [6, 6.07) is 16.9. The Balaban J connectivity index is 1.43. The Morgan fingerprint density at radius 1 is 1.24 bits per heavy atom. The Labute approximate surface area is 220 Å². The molecule has 0 saturated carbocycles. The molecular weight excluding hydrogens is 486 g/mol. The number of nitrogens with zero attached hydrogens (tertiary/aromatic N) is 5. The number of hydrogen-bond donors (Lipinski definition) is 0. The molecule has 0 aliphatic carbocycles. The van der Waals surface area contributed by atoms with Gasteiger partial charge in [0.1, 0.15) is 18.0 Å². The van der Waals surface area contributed by atoms with Gasteiger partial charge in [-0.25, -0.2) is 4.98 Å². The first-order chi connectivity index (χ1) is 18.0. The van der Waals surface area contributed by atoms with Crippen molar-refractivity contribution in [2.24, 2.45) is 0 Å². The molecule has 5 rings (SSSR count). The number of methoxy groups -OCH3 is 1. The highest BCUT2D eigenvalue weighted by Crippen LogP contribution is 2.38. The van der Waals surface area contributed by atoms with Crippen LogP contribution in [0.3, 0.4) is 0 Å². The SMILES string of the molecule is CCCC[C@H]1CN(c2cccc(OC)c2)C(=O)CN1C(=O)c1cnc2n1C(c1ccc(C#N)cc1)CS2. The van der Waals surface area contributed by atoms with Crippen LogP contribution in [0.15, 0.2) is 59.9 Å². The summed E-state index contributed by atoms with van der Waals surface area (Å²) in [5.74, 6) is 1.17. The summed E-state index contributed by atoms with van der Waals surface area (Å²) in [6.45, 7) is 2.58. The number of anilines is 1. The molecule has 2 aromatic carbocycles. The van der Waals surface area contributed by atoms with E-state index in [4.69, 9.17) is 10.00 Å². The van der Waals surface area contributed by atoms with Gasteiger partial charge in [0, 0.05) is 24.1 Å². The molecule has 1 fully saturated rings. The van der Waals surface area contributed by atoms with Crippen LogP contribution in [0.1, 0.15) is 53.8 Å². The summed E-state index contributed by atoms with van der Waals surface area (Å²) < 4.78 is 7.34. The van der Waals surface area contributed by atoms with E-state index in [2.05, 4.69) is 18.0 Å². The molecule has 2 aliphatic heterocycles. The molecule has 2 amide bonds. The van der Waals surface area contributed by atoms with Crippen LogP contribution in [0, 0.1) is 11.3 Å². The van der Waals surface area contributed by atoms with Gasteiger partial charge in [0.15, 0.2) is 5.16 Å². The fourth-order valence-corrected chi connectivity index (χ4v) is 6.17. The fourth-order valence-electron chi connectivity index (χ4n) is 5.03. The molecule has 1 aromatic heterocycles. The number of rotatable bonds is 7. The zero-order valence-electron chi connectivity index (χ0n) is 21.0. The third-order valence-corrected chi connectivity index (χ3v) is 8.09. The van der Waals surface area contributed by atoms with E-state index in [1.807, 2.05) is 41.0 Å². The first-order valence-corrected chi connectivity index (χ1v) is 13.5. The van der Waals surface area contributed by atoms with Gasteiger partial charge in [0.05, 0.1) is 37.0 Å². The smallest absolute Gasteiger partial charge is 0.272 e. The van der Waals surface area contributed by atoms with Crippen molar-refractivity contribution < 1.29 is 14.3 Å². The Morgan fingerprint density at radius 2 is 2.05 bits per heavy atom. The van der Waals surface area contributed by atoms with Crippen molar-refractivity contribution in [3.05, 3.63) is 71.5 Å². The third kappa shape index (κ3) is 4.81. The van der Waals surface area contributed by atoms with E-state index >= 15 is 0 Å². The third-order valence-electron chi connectivity index (χ3n) is 7.05. The molecule has 0 bridgehead atoms. The van der Waals surface area contributed by atoms with Crippen molar-refractivity contribution in [3.8, 4) is 11.8 Å². The van der Waals surface area contributed by atoms with Crippen molar-refractivity contribution in [2.45, 2.75) is 43.4 Å². The minimum Gasteiger partial charge on any atom is -0.497 e. The van der Waals surface area contributed by atoms with Gasteiger partial charge in [-0.2, -0.15) is 5.26 Å². The minimum absolute atomic E-state index is 0.0135. The highest BCUT2D eigenvalue weighted by atomic mass is 32.2. The molecule has 8 nitrogen and oxygen atoms in total. The number of aromatic nitrogens is 2. The lowest BCUT2D eigenvalue weighted by molar-refractivity contribution is -0.121. The number of thioether (sulfide) groups is 1. The lowest BCUT2D eigenvalue weighted by atomic mass is 10.0. The van der Waals surface area contributed by atoms with Crippen LogP contribution in [0.2, 0.25) is 0 Å². The van der Waals surface area contributed by atoms with E-state index in [-0.39, 0.29) is 30.4 Å². The maximum atomic E-state index is 14.0. The summed E-state index contributed by atoms with van der Waals surface area (Å²) in [7, 11) is 1.61. The minimum atomic E-state index is -0.167. The molecule has 0 radical (unpaired) electrons. The quantitative estimate of drug-likeness (QED) is 0.460. The van der Waals surface area contributed by atoms with Crippen LogP contribution in [0.4, 0.5) is 5.69 Å². The Hall–Kier alpha value is -3.77. The topological polar surface area (TPSA) is 91.5 Å². The Morgan fingerprint density at radius 3 is 2.78 bits per heavy atom. The van der Waals surface area contributed by atoms with Crippen LogP contribution in [-0.4, -0.2) is 58.3 Å². The second-order valence-corrected chi connectivity index (χ2v) is 10.3.